The van der Waals surface area contributed by atoms with E-state index >= 15 is 0 Å². The van der Waals surface area contributed by atoms with Crippen LogP contribution in [0.5, 0.6) is 0 Å². The third-order valence-electron chi connectivity index (χ3n) is 3.88. The summed E-state index contributed by atoms with van der Waals surface area (Å²) in [5.74, 6) is 1.28. The summed E-state index contributed by atoms with van der Waals surface area (Å²) < 4.78 is 5.95. The lowest BCUT2D eigenvalue weighted by atomic mass is 9.94. The molecule has 112 valence electrons. The highest BCUT2D eigenvalue weighted by molar-refractivity contribution is 5.29. The second-order valence-corrected chi connectivity index (χ2v) is 7.17. The number of rotatable bonds is 7. The fourth-order valence-corrected chi connectivity index (χ4v) is 2.39. The Kier molecular flexibility index (Phi) is 5.22. The number of hydrogen-bond acceptors (Lipinski definition) is 2. The third-order valence-corrected chi connectivity index (χ3v) is 3.88. The summed E-state index contributed by atoms with van der Waals surface area (Å²) in [5.41, 5.74) is 2.93. The van der Waals surface area contributed by atoms with Gasteiger partial charge in [0.05, 0.1) is 6.61 Å². The van der Waals surface area contributed by atoms with Crippen LogP contribution in [-0.4, -0.2) is 25.3 Å². The smallest absolute Gasteiger partial charge is 0.0547 e. The lowest BCUT2D eigenvalue weighted by Gasteiger charge is -2.26. The van der Waals surface area contributed by atoms with E-state index in [0.29, 0.717) is 5.92 Å². The molecule has 0 spiro atoms. The molecule has 20 heavy (non-hydrogen) atoms. The maximum atomic E-state index is 5.95. The Balaban J connectivity index is 1.96. The molecule has 0 heterocycles. The van der Waals surface area contributed by atoms with Gasteiger partial charge in [0.25, 0.3) is 0 Å². The Morgan fingerprint density at radius 1 is 1.25 bits per heavy atom. The van der Waals surface area contributed by atoms with E-state index < -0.39 is 0 Å². The van der Waals surface area contributed by atoms with Crippen molar-refractivity contribution in [3.05, 3.63) is 35.4 Å². The fourth-order valence-electron chi connectivity index (χ4n) is 2.39. The lowest BCUT2D eigenvalue weighted by Crippen LogP contribution is -2.39. The van der Waals surface area contributed by atoms with Crippen molar-refractivity contribution >= 4 is 0 Å². The summed E-state index contributed by atoms with van der Waals surface area (Å²) >= 11 is 0. The molecule has 0 amide bonds. The van der Waals surface area contributed by atoms with Gasteiger partial charge in [-0.1, -0.05) is 24.3 Å². The molecule has 1 aromatic carbocycles. The first-order chi connectivity index (χ1) is 9.46. The summed E-state index contributed by atoms with van der Waals surface area (Å²) in [6, 6.07) is 8.68. The maximum Gasteiger partial charge on any atom is 0.0547 e. The van der Waals surface area contributed by atoms with E-state index in [1.54, 1.807) is 0 Å². The van der Waals surface area contributed by atoms with Crippen molar-refractivity contribution in [2.75, 3.05) is 19.8 Å². The molecular weight excluding hydrogens is 246 g/mol. The van der Waals surface area contributed by atoms with E-state index in [2.05, 4.69) is 57.3 Å². The molecule has 1 aliphatic carbocycles. The van der Waals surface area contributed by atoms with E-state index in [1.165, 1.54) is 24.0 Å². The van der Waals surface area contributed by atoms with Gasteiger partial charge in [-0.15, -0.1) is 0 Å². The van der Waals surface area contributed by atoms with E-state index in [0.717, 1.165) is 25.7 Å². The highest BCUT2D eigenvalue weighted by Crippen LogP contribution is 2.29. The van der Waals surface area contributed by atoms with Crippen LogP contribution in [-0.2, 0) is 4.74 Å². The summed E-state index contributed by atoms with van der Waals surface area (Å²) in [6.07, 6.45) is 2.71. The minimum Gasteiger partial charge on any atom is -0.380 e. The monoisotopic (exact) mass is 275 g/mol. The molecule has 2 rings (SSSR count). The second kappa shape index (κ2) is 6.73. The average Bonchev–Trinajstić information content (AvgIpc) is 3.17. The molecule has 1 unspecified atom stereocenters. The summed E-state index contributed by atoms with van der Waals surface area (Å²) in [7, 11) is 0. The van der Waals surface area contributed by atoms with E-state index in [-0.39, 0.29) is 5.54 Å². The zero-order valence-corrected chi connectivity index (χ0v) is 13.4. The van der Waals surface area contributed by atoms with Crippen LogP contribution in [0, 0.1) is 12.8 Å². The molecule has 0 aromatic heterocycles. The van der Waals surface area contributed by atoms with Gasteiger partial charge in [0, 0.05) is 24.6 Å². The third kappa shape index (κ3) is 5.26. The minimum atomic E-state index is 0.150. The quantitative estimate of drug-likeness (QED) is 0.815. The van der Waals surface area contributed by atoms with Gasteiger partial charge in [-0.2, -0.15) is 0 Å². The van der Waals surface area contributed by atoms with Crippen molar-refractivity contribution in [3.63, 3.8) is 0 Å². The molecule has 0 bridgehead atoms. The molecule has 0 saturated heterocycles. The van der Waals surface area contributed by atoms with Crippen LogP contribution in [0.15, 0.2) is 24.3 Å². The minimum absolute atomic E-state index is 0.150. The molecule has 1 atom stereocenters. The number of ether oxygens (including phenoxy) is 1. The molecular formula is C18H29NO. The Labute approximate surface area is 123 Å². The van der Waals surface area contributed by atoms with Crippen molar-refractivity contribution in [1.29, 1.82) is 0 Å². The zero-order chi connectivity index (χ0) is 14.6. The molecule has 1 aromatic rings. The zero-order valence-electron chi connectivity index (χ0n) is 13.4. The molecule has 1 fully saturated rings. The number of nitrogens with one attached hydrogen (secondary N) is 1. The molecule has 1 aliphatic rings. The van der Waals surface area contributed by atoms with Gasteiger partial charge in [-0.25, -0.2) is 0 Å². The second-order valence-electron chi connectivity index (χ2n) is 7.17. The van der Waals surface area contributed by atoms with E-state index in [9.17, 15) is 0 Å². The van der Waals surface area contributed by atoms with Crippen molar-refractivity contribution in [2.45, 2.75) is 52.0 Å². The normalized spacial score (nSPS) is 17.2. The highest BCUT2D eigenvalue weighted by atomic mass is 16.5. The van der Waals surface area contributed by atoms with Crippen LogP contribution in [0.4, 0.5) is 0 Å². The maximum absolute atomic E-state index is 5.95. The van der Waals surface area contributed by atoms with Gasteiger partial charge in [0.1, 0.15) is 0 Å². The van der Waals surface area contributed by atoms with Gasteiger partial charge in [-0.05, 0) is 57.6 Å². The molecule has 1 saturated carbocycles. The molecule has 0 radical (unpaired) electrons. The van der Waals surface area contributed by atoms with Crippen LogP contribution in [0.2, 0.25) is 0 Å². The van der Waals surface area contributed by atoms with Crippen LogP contribution in [0.25, 0.3) is 0 Å². The van der Waals surface area contributed by atoms with E-state index in [1.807, 2.05) is 0 Å². The predicted molar refractivity (Wildman–Crippen MR) is 85.2 cm³/mol. The van der Waals surface area contributed by atoms with Crippen LogP contribution in [0.1, 0.15) is 50.7 Å². The topological polar surface area (TPSA) is 21.3 Å². The first-order valence-electron chi connectivity index (χ1n) is 7.84. The molecule has 1 N–H and O–H groups in total. The van der Waals surface area contributed by atoms with Gasteiger partial charge < -0.3 is 10.1 Å². The Bertz CT molecular complexity index is 418. The predicted octanol–water partition coefficient (Wildman–Crippen LogP) is 3.89. The first-order valence-corrected chi connectivity index (χ1v) is 7.84. The van der Waals surface area contributed by atoms with E-state index in [4.69, 9.17) is 4.74 Å². The Morgan fingerprint density at radius 3 is 2.55 bits per heavy atom. The summed E-state index contributed by atoms with van der Waals surface area (Å²) in [5, 5.41) is 3.62. The molecule has 2 heteroatoms. The molecule has 0 aliphatic heterocycles. The average molecular weight is 275 g/mol. The Morgan fingerprint density at radius 2 is 1.95 bits per heavy atom. The Hall–Kier alpha value is -0.860. The van der Waals surface area contributed by atoms with Crippen LogP contribution >= 0.6 is 0 Å². The number of aryl methyl sites for hydroxylation is 1. The van der Waals surface area contributed by atoms with Crippen LogP contribution in [0.3, 0.4) is 0 Å². The SMILES string of the molecule is Cc1ccccc1C(CNC(C)(C)C)COCC1CC1. The lowest BCUT2D eigenvalue weighted by molar-refractivity contribution is 0.108. The van der Waals surface area contributed by atoms with Gasteiger partial charge in [0.2, 0.25) is 0 Å². The van der Waals surface area contributed by atoms with Gasteiger partial charge in [-0.3, -0.25) is 0 Å². The number of benzene rings is 1. The highest BCUT2D eigenvalue weighted by Gasteiger charge is 2.23. The fraction of sp³-hybridized carbons (Fsp3) is 0.667. The first kappa shape index (κ1) is 15.5. The molecule has 2 nitrogen and oxygen atoms in total. The van der Waals surface area contributed by atoms with Crippen molar-refractivity contribution in [1.82, 2.24) is 5.32 Å². The van der Waals surface area contributed by atoms with Gasteiger partial charge >= 0.3 is 0 Å². The van der Waals surface area contributed by atoms with Crippen molar-refractivity contribution in [2.24, 2.45) is 5.92 Å². The van der Waals surface area contributed by atoms with Gasteiger partial charge in [0.15, 0.2) is 0 Å². The van der Waals surface area contributed by atoms with Crippen molar-refractivity contribution in [3.8, 4) is 0 Å². The van der Waals surface area contributed by atoms with Crippen molar-refractivity contribution < 1.29 is 4.74 Å². The summed E-state index contributed by atoms with van der Waals surface area (Å²) in [4.78, 5) is 0. The summed E-state index contributed by atoms with van der Waals surface area (Å²) in [6.45, 7) is 11.6. The standard InChI is InChI=1S/C18H29NO/c1-14-7-5-6-8-17(14)16(11-19-18(2,3)4)13-20-12-15-9-10-15/h5-8,15-16,19H,9-13H2,1-4H3. The van der Waals surface area contributed by atoms with Crippen LogP contribution < -0.4 is 5.32 Å². The number of hydrogen-bond donors (Lipinski definition) is 1. The largest absolute Gasteiger partial charge is 0.380 e.